The first-order chi connectivity index (χ1) is 11.2. The van der Waals surface area contributed by atoms with Crippen LogP contribution in [0.3, 0.4) is 0 Å². The van der Waals surface area contributed by atoms with Gasteiger partial charge in [0, 0.05) is 11.1 Å². The molecule has 0 unspecified atom stereocenters. The number of hydrogen-bond acceptors (Lipinski definition) is 2. The van der Waals surface area contributed by atoms with Gasteiger partial charge in [-0.1, -0.05) is 60.7 Å². The summed E-state index contributed by atoms with van der Waals surface area (Å²) in [5.41, 5.74) is 1.61. The molecule has 0 atom stereocenters. The molecule has 4 heteroatoms. The Hall–Kier alpha value is -2.33. The van der Waals surface area contributed by atoms with E-state index in [9.17, 15) is 4.39 Å². The molecule has 0 aromatic heterocycles. The fourth-order valence-electron chi connectivity index (χ4n) is 2.73. The highest BCUT2D eigenvalue weighted by atomic mass is 79.9. The monoisotopic (exact) mass is 370 g/mol. The Morgan fingerprint density at radius 2 is 1.30 bits per heavy atom. The van der Waals surface area contributed by atoms with Crippen LogP contribution >= 0.6 is 15.9 Å². The Labute approximate surface area is 141 Å². The fraction of sp³-hybridized carbons (Fsp3) is 0.0526. The smallest absolute Gasteiger partial charge is 0.305 e. The molecule has 1 aliphatic rings. The fourth-order valence-corrected chi connectivity index (χ4v) is 3.04. The zero-order valence-electron chi connectivity index (χ0n) is 12.0. The van der Waals surface area contributed by atoms with E-state index in [1.54, 1.807) is 12.1 Å². The highest BCUT2D eigenvalue weighted by Crippen LogP contribution is 2.49. The van der Waals surface area contributed by atoms with Crippen LogP contribution in [-0.4, -0.2) is 0 Å². The van der Waals surface area contributed by atoms with Crippen LogP contribution in [0.4, 0.5) is 4.39 Å². The number of hydrogen-bond donors (Lipinski definition) is 0. The molecule has 3 aromatic rings. The Kier molecular flexibility index (Phi) is 3.34. The van der Waals surface area contributed by atoms with Crippen molar-refractivity contribution in [1.82, 2.24) is 0 Å². The standard InChI is InChI=1S/C19H12BrFO2/c20-15-11-12-16-18(17(15)21)23-19(22-16,13-7-3-1-4-8-13)14-9-5-2-6-10-14/h1-12H. The van der Waals surface area contributed by atoms with Gasteiger partial charge in [-0.2, -0.15) is 0 Å². The van der Waals surface area contributed by atoms with Gasteiger partial charge >= 0.3 is 5.79 Å². The highest BCUT2D eigenvalue weighted by molar-refractivity contribution is 9.10. The van der Waals surface area contributed by atoms with Crippen molar-refractivity contribution < 1.29 is 13.9 Å². The average Bonchev–Trinajstić information content (AvgIpc) is 3.02. The second-order valence-electron chi connectivity index (χ2n) is 5.24. The van der Waals surface area contributed by atoms with Crippen molar-refractivity contribution >= 4 is 15.9 Å². The third-order valence-corrected chi connectivity index (χ3v) is 4.43. The molecule has 0 bridgehead atoms. The quantitative estimate of drug-likeness (QED) is 0.612. The van der Waals surface area contributed by atoms with Gasteiger partial charge in [-0.25, -0.2) is 4.39 Å². The van der Waals surface area contributed by atoms with E-state index in [0.29, 0.717) is 10.2 Å². The Morgan fingerprint density at radius 3 is 1.87 bits per heavy atom. The van der Waals surface area contributed by atoms with Gasteiger partial charge in [-0.15, -0.1) is 0 Å². The number of halogens is 2. The molecule has 3 aromatic carbocycles. The Balaban J connectivity index is 1.92. The zero-order valence-corrected chi connectivity index (χ0v) is 13.6. The molecule has 0 aliphatic carbocycles. The molecule has 1 heterocycles. The van der Waals surface area contributed by atoms with E-state index in [0.717, 1.165) is 11.1 Å². The third kappa shape index (κ3) is 2.21. The minimum Gasteiger partial charge on any atom is -0.440 e. The predicted octanol–water partition coefficient (Wildman–Crippen LogP) is 5.26. The van der Waals surface area contributed by atoms with Crippen molar-refractivity contribution in [3.8, 4) is 11.5 Å². The van der Waals surface area contributed by atoms with Crippen LogP contribution in [0.5, 0.6) is 11.5 Å². The highest BCUT2D eigenvalue weighted by Gasteiger charge is 2.46. The van der Waals surface area contributed by atoms with E-state index in [1.807, 2.05) is 60.7 Å². The lowest BCUT2D eigenvalue weighted by Crippen LogP contribution is -2.36. The molecule has 0 spiro atoms. The number of rotatable bonds is 2. The second-order valence-corrected chi connectivity index (χ2v) is 6.10. The van der Waals surface area contributed by atoms with Crippen LogP contribution in [-0.2, 0) is 5.79 Å². The van der Waals surface area contributed by atoms with Gasteiger partial charge in [0.1, 0.15) is 0 Å². The molecule has 0 fully saturated rings. The molecule has 2 nitrogen and oxygen atoms in total. The van der Waals surface area contributed by atoms with E-state index in [-0.39, 0.29) is 5.75 Å². The molecule has 23 heavy (non-hydrogen) atoms. The largest absolute Gasteiger partial charge is 0.440 e. The topological polar surface area (TPSA) is 18.5 Å². The van der Waals surface area contributed by atoms with Crippen molar-refractivity contribution in [3.05, 3.63) is 94.2 Å². The van der Waals surface area contributed by atoms with Crippen LogP contribution in [0, 0.1) is 5.82 Å². The van der Waals surface area contributed by atoms with Gasteiger partial charge in [0.25, 0.3) is 0 Å². The summed E-state index contributed by atoms with van der Waals surface area (Å²) in [6.07, 6.45) is 0. The predicted molar refractivity (Wildman–Crippen MR) is 89.0 cm³/mol. The van der Waals surface area contributed by atoms with Crippen molar-refractivity contribution in [1.29, 1.82) is 0 Å². The first-order valence-corrected chi connectivity index (χ1v) is 7.97. The van der Waals surface area contributed by atoms with Crippen molar-refractivity contribution in [2.45, 2.75) is 5.79 Å². The summed E-state index contributed by atoms with van der Waals surface area (Å²) < 4.78 is 26.9. The third-order valence-electron chi connectivity index (χ3n) is 3.82. The molecule has 0 radical (unpaired) electrons. The van der Waals surface area contributed by atoms with Gasteiger partial charge in [0.2, 0.25) is 5.75 Å². The van der Waals surface area contributed by atoms with E-state index >= 15 is 0 Å². The molecule has 0 N–H and O–H groups in total. The van der Waals surface area contributed by atoms with Crippen LogP contribution in [0.1, 0.15) is 11.1 Å². The maximum atomic E-state index is 14.4. The first kappa shape index (κ1) is 14.3. The van der Waals surface area contributed by atoms with E-state index < -0.39 is 11.6 Å². The summed E-state index contributed by atoms with van der Waals surface area (Å²) in [7, 11) is 0. The van der Waals surface area contributed by atoms with Crippen LogP contribution < -0.4 is 9.47 Å². The summed E-state index contributed by atoms with van der Waals surface area (Å²) in [5, 5.41) is 0. The van der Waals surface area contributed by atoms with Crippen LogP contribution in [0.15, 0.2) is 77.3 Å². The average molecular weight is 371 g/mol. The molecule has 0 saturated heterocycles. The molecule has 114 valence electrons. The van der Waals surface area contributed by atoms with Gasteiger partial charge in [-0.05, 0) is 28.1 Å². The molecular weight excluding hydrogens is 359 g/mol. The van der Waals surface area contributed by atoms with Crippen molar-refractivity contribution in [2.24, 2.45) is 0 Å². The van der Waals surface area contributed by atoms with Crippen molar-refractivity contribution in [3.63, 3.8) is 0 Å². The van der Waals surface area contributed by atoms with Gasteiger partial charge in [-0.3, -0.25) is 0 Å². The van der Waals surface area contributed by atoms with Gasteiger partial charge in [0.05, 0.1) is 4.47 Å². The Morgan fingerprint density at radius 1 is 0.739 bits per heavy atom. The number of ether oxygens (including phenoxy) is 2. The Bertz CT molecular complexity index is 811. The molecule has 0 amide bonds. The lowest BCUT2D eigenvalue weighted by molar-refractivity contribution is -0.0472. The molecular formula is C19H12BrFO2. The minimum atomic E-state index is -1.19. The molecule has 4 rings (SSSR count). The van der Waals surface area contributed by atoms with Gasteiger partial charge in [0.15, 0.2) is 11.6 Å². The molecule has 0 saturated carbocycles. The zero-order chi connectivity index (χ0) is 15.9. The lowest BCUT2D eigenvalue weighted by atomic mass is 9.97. The van der Waals surface area contributed by atoms with Crippen LogP contribution in [0.2, 0.25) is 0 Å². The number of benzene rings is 3. The molecule has 1 aliphatic heterocycles. The minimum absolute atomic E-state index is 0.118. The second kappa shape index (κ2) is 5.39. The van der Waals surface area contributed by atoms with E-state index in [2.05, 4.69) is 15.9 Å². The first-order valence-electron chi connectivity index (χ1n) is 7.18. The SMILES string of the molecule is Fc1c(Br)ccc2c1OC(c1ccccc1)(c1ccccc1)O2. The summed E-state index contributed by atoms with van der Waals surface area (Å²) in [6, 6.07) is 22.4. The van der Waals surface area contributed by atoms with Gasteiger partial charge < -0.3 is 9.47 Å². The maximum Gasteiger partial charge on any atom is 0.305 e. The normalized spacial score (nSPS) is 14.7. The van der Waals surface area contributed by atoms with Crippen molar-refractivity contribution in [2.75, 3.05) is 0 Å². The summed E-state index contributed by atoms with van der Waals surface area (Å²) in [4.78, 5) is 0. The summed E-state index contributed by atoms with van der Waals surface area (Å²) in [6.45, 7) is 0. The summed E-state index contributed by atoms with van der Waals surface area (Å²) in [5.74, 6) is -1.14. The van der Waals surface area contributed by atoms with E-state index in [4.69, 9.17) is 9.47 Å². The van der Waals surface area contributed by atoms with E-state index in [1.165, 1.54) is 0 Å². The maximum absolute atomic E-state index is 14.4. The lowest BCUT2D eigenvalue weighted by Gasteiger charge is -2.28. The number of fused-ring (bicyclic) bond motifs is 1. The van der Waals surface area contributed by atoms with Crippen LogP contribution in [0.25, 0.3) is 0 Å². The summed E-state index contributed by atoms with van der Waals surface area (Å²) >= 11 is 3.19.